The number of hydrogen-bond donors (Lipinski definition) is 1. The van der Waals surface area contributed by atoms with E-state index in [1.165, 1.54) is 18.3 Å². The zero-order valence-electron chi connectivity index (χ0n) is 14.3. The third-order valence-corrected chi connectivity index (χ3v) is 4.14. The first-order valence-corrected chi connectivity index (χ1v) is 8.44. The number of carbonyl (C=O) groups is 1. The van der Waals surface area contributed by atoms with E-state index in [0.717, 1.165) is 11.3 Å². The minimum Gasteiger partial charge on any atom is -0.435 e. The molecule has 0 saturated carbocycles. The summed E-state index contributed by atoms with van der Waals surface area (Å²) in [6.07, 6.45) is 1.49. The van der Waals surface area contributed by atoms with Crippen molar-refractivity contribution in [1.82, 2.24) is 15.1 Å². The summed E-state index contributed by atoms with van der Waals surface area (Å²) in [5, 5.41) is 7.61. The number of alkyl halides is 2. The molecule has 0 bridgehead atoms. The van der Waals surface area contributed by atoms with E-state index in [-0.39, 0.29) is 18.2 Å². The minimum atomic E-state index is -2.87. The fourth-order valence-corrected chi connectivity index (χ4v) is 2.75. The molecule has 0 saturated heterocycles. The van der Waals surface area contributed by atoms with Gasteiger partial charge in [-0.2, -0.15) is 13.9 Å². The van der Waals surface area contributed by atoms with Gasteiger partial charge in [-0.1, -0.05) is 29.8 Å². The number of aromatic nitrogens is 2. The Hall–Kier alpha value is -2.93. The van der Waals surface area contributed by atoms with Gasteiger partial charge in [-0.25, -0.2) is 4.68 Å². The molecule has 0 radical (unpaired) electrons. The molecule has 1 N–H and O–H groups in total. The van der Waals surface area contributed by atoms with Crippen molar-refractivity contribution in [1.29, 1.82) is 0 Å². The molecule has 3 rings (SSSR count). The van der Waals surface area contributed by atoms with E-state index in [1.54, 1.807) is 41.9 Å². The van der Waals surface area contributed by atoms with Crippen molar-refractivity contribution < 1.29 is 18.3 Å². The fourth-order valence-electron chi connectivity index (χ4n) is 2.57. The number of nitrogens with one attached hydrogen (secondary N) is 1. The Balaban J connectivity index is 1.66. The van der Waals surface area contributed by atoms with Gasteiger partial charge in [-0.3, -0.25) is 4.79 Å². The molecular weight excluding hydrogens is 376 g/mol. The molecule has 2 aromatic carbocycles. The molecule has 0 unspecified atom stereocenters. The predicted molar refractivity (Wildman–Crippen MR) is 97.6 cm³/mol. The number of amides is 1. The van der Waals surface area contributed by atoms with Gasteiger partial charge in [0.2, 0.25) is 0 Å². The Morgan fingerprint density at radius 3 is 2.67 bits per heavy atom. The van der Waals surface area contributed by atoms with Gasteiger partial charge in [-0.15, -0.1) is 0 Å². The molecule has 0 aliphatic rings. The van der Waals surface area contributed by atoms with Crippen molar-refractivity contribution in [3.63, 3.8) is 0 Å². The van der Waals surface area contributed by atoms with Crippen LogP contribution in [0.3, 0.4) is 0 Å². The minimum absolute atomic E-state index is 0.0683. The quantitative estimate of drug-likeness (QED) is 0.679. The van der Waals surface area contributed by atoms with Crippen molar-refractivity contribution in [2.75, 3.05) is 0 Å². The summed E-state index contributed by atoms with van der Waals surface area (Å²) in [5.41, 5.74) is 2.63. The van der Waals surface area contributed by atoms with Crippen LogP contribution in [0, 0.1) is 6.92 Å². The zero-order valence-corrected chi connectivity index (χ0v) is 15.1. The van der Waals surface area contributed by atoms with Crippen molar-refractivity contribution in [2.24, 2.45) is 0 Å². The molecule has 140 valence electrons. The third kappa shape index (κ3) is 4.62. The van der Waals surface area contributed by atoms with Gasteiger partial charge in [0, 0.05) is 11.6 Å². The van der Waals surface area contributed by atoms with Crippen LogP contribution in [0.1, 0.15) is 21.6 Å². The molecule has 5 nitrogen and oxygen atoms in total. The average Bonchev–Trinajstić information content (AvgIpc) is 3.02. The van der Waals surface area contributed by atoms with E-state index >= 15 is 0 Å². The Bertz CT molecular complexity index is 942. The van der Waals surface area contributed by atoms with E-state index in [0.29, 0.717) is 16.3 Å². The highest BCUT2D eigenvalue weighted by molar-refractivity contribution is 6.30. The highest BCUT2D eigenvalue weighted by Gasteiger charge is 2.15. The van der Waals surface area contributed by atoms with Crippen molar-refractivity contribution >= 4 is 17.5 Å². The molecule has 0 spiro atoms. The SMILES string of the molecule is Cc1c(C(=O)NCc2ccc(OC(F)F)cc2)cnn1-c1cccc(Cl)c1. The normalized spacial score (nSPS) is 10.9. The van der Waals surface area contributed by atoms with E-state index in [2.05, 4.69) is 15.2 Å². The second kappa shape index (κ2) is 8.18. The highest BCUT2D eigenvalue weighted by Crippen LogP contribution is 2.18. The van der Waals surface area contributed by atoms with Crippen molar-refractivity contribution in [3.05, 3.63) is 76.6 Å². The number of benzene rings is 2. The maximum atomic E-state index is 12.4. The zero-order chi connectivity index (χ0) is 19.4. The van der Waals surface area contributed by atoms with Gasteiger partial charge >= 0.3 is 6.61 Å². The Morgan fingerprint density at radius 1 is 1.26 bits per heavy atom. The molecule has 1 amide bonds. The van der Waals surface area contributed by atoms with Crippen LogP contribution < -0.4 is 10.1 Å². The first kappa shape index (κ1) is 18.8. The first-order valence-electron chi connectivity index (χ1n) is 8.06. The van der Waals surface area contributed by atoms with Crippen LogP contribution in [0.15, 0.2) is 54.7 Å². The smallest absolute Gasteiger partial charge is 0.387 e. The van der Waals surface area contributed by atoms with Gasteiger partial charge in [0.15, 0.2) is 0 Å². The molecule has 0 atom stereocenters. The number of rotatable bonds is 6. The summed E-state index contributed by atoms with van der Waals surface area (Å²) < 4.78 is 30.2. The molecule has 1 heterocycles. The topological polar surface area (TPSA) is 56.1 Å². The van der Waals surface area contributed by atoms with Crippen LogP contribution in [-0.2, 0) is 6.54 Å². The number of ether oxygens (including phenoxy) is 1. The number of carbonyl (C=O) groups excluding carboxylic acids is 1. The second-order valence-corrected chi connectivity index (χ2v) is 6.18. The van der Waals surface area contributed by atoms with Crippen LogP contribution in [0.2, 0.25) is 5.02 Å². The average molecular weight is 392 g/mol. The Kier molecular flexibility index (Phi) is 5.71. The van der Waals surface area contributed by atoms with Gasteiger partial charge in [0.25, 0.3) is 5.91 Å². The fraction of sp³-hybridized carbons (Fsp3) is 0.158. The van der Waals surface area contributed by atoms with Crippen LogP contribution >= 0.6 is 11.6 Å². The summed E-state index contributed by atoms with van der Waals surface area (Å²) in [6, 6.07) is 13.2. The van der Waals surface area contributed by atoms with E-state index in [4.69, 9.17) is 11.6 Å². The second-order valence-electron chi connectivity index (χ2n) is 5.74. The monoisotopic (exact) mass is 391 g/mol. The van der Waals surface area contributed by atoms with Crippen LogP contribution in [0.4, 0.5) is 8.78 Å². The summed E-state index contributed by atoms with van der Waals surface area (Å²) >= 11 is 6.00. The van der Waals surface area contributed by atoms with Gasteiger partial charge < -0.3 is 10.1 Å². The lowest BCUT2D eigenvalue weighted by Crippen LogP contribution is -2.23. The summed E-state index contributed by atoms with van der Waals surface area (Å²) in [4.78, 5) is 12.4. The summed E-state index contributed by atoms with van der Waals surface area (Å²) in [5.74, 6) is -0.215. The van der Waals surface area contributed by atoms with Gasteiger partial charge in [0.1, 0.15) is 5.75 Å². The Morgan fingerprint density at radius 2 is 2.00 bits per heavy atom. The Labute approximate surface area is 159 Å². The van der Waals surface area contributed by atoms with Crippen LogP contribution in [0.25, 0.3) is 5.69 Å². The molecule has 1 aromatic heterocycles. The number of hydrogen-bond acceptors (Lipinski definition) is 3. The lowest BCUT2D eigenvalue weighted by Gasteiger charge is -2.08. The largest absolute Gasteiger partial charge is 0.435 e. The summed E-state index contributed by atoms with van der Waals surface area (Å²) in [7, 11) is 0. The standard InChI is InChI=1S/C19H16ClF2N3O2/c1-12-17(11-24-25(12)15-4-2-3-14(20)9-15)18(26)23-10-13-5-7-16(8-6-13)27-19(21)22/h2-9,11,19H,10H2,1H3,(H,23,26). The highest BCUT2D eigenvalue weighted by atomic mass is 35.5. The molecular formula is C19H16ClF2N3O2. The molecule has 0 aliphatic carbocycles. The third-order valence-electron chi connectivity index (χ3n) is 3.91. The number of nitrogens with zero attached hydrogens (tertiary/aromatic N) is 2. The van der Waals surface area contributed by atoms with Crippen LogP contribution in [-0.4, -0.2) is 22.3 Å². The van der Waals surface area contributed by atoms with E-state index in [9.17, 15) is 13.6 Å². The molecule has 0 fully saturated rings. The van der Waals surface area contributed by atoms with Gasteiger partial charge in [0.05, 0.1) is 23.1 Å². The molecule has 27 heavy (non-hydrogen) atoms. The van der Waals surface area contributed by atoms with E-state index < -0.39 is 6.61 Å². The molecule has 0 aliphatic heterocycles. The van der Waals surface area contributed by atoms with Crippen LogP contribution in [0.5, 0.6) is 5.75 Å². The van der Waals surface area contributed by atoms with Gasteiger partial charge in [-0.05, 0) is 42.8 Å². The number of halogens is 3. The maximum Gasteiger partial charge on any atom is 0.387 e. The predicted octanol–water partition coefficient (Wildman–Crippen LogP) is 4.37. The molecule has 8 heteroatoms. The summed E-state index contributed by atoms with van der Waals surface area (Å²) in [6.45, 7) is -0.830. The first-order chi connectivity index (χ1) is 12.9. The van der Waals surface area contributed by atoms with E-state index in [1.807, 2.05) is 6.07 Å². The molecule has 3 aromatic rings. The lowest BCUT2D eigenvalue weighted by molar-refractivity contribution is -0.0498. The van der Waals surface area contributed by atoms with Crippen molar-refractivity contribution in [2.45, 2.75) is 20.1 Å². The lowest BCUT2D eigenvalue weighted by atomic mass is 10.2. The van der Waals surface area contributed by atoms with Crippen molar-refractivity contribution in [3.8, 4) is 11.4 Å². The maximum absolute atomic E-state index is 12.4.